The number of hydrogen-bond acceptors (Lipinski definition) is 4. The summed E-state index contributed by atoms with van der Waals surface area (Å²) < 4.78 is 0. The first-order valence-corrected chi connectivity index (χ1v) is 3.71. The molecule has 120 valence electrons. The highest BCUT2D eigenvalue weighted by Gasteiger charge is 1.66. The molecule has 0 unspecified atom stereocenters. The van der Waals surface area contributed by atoms with Crippen molar-refractivity contribution in [2.24, 2.45) is 0 Å². The fraction of sp³-hybridized carbons (Fsp3) is 0.500. The van der Waals surface area contributed by atoms with Crippen LogP contribution in [0.5, 0.6) is 0 Å². The lowest BCUT2D eigenvalue weighted by Crippen LogP contribution is -1.78. The summed E-state index contributed by atoms with van der Waals surface area (Å²) >= 11 is 0. The Labute approximate surface area is 109 Å². The predicted molar refractivity (Wildman–Crippen MR) is 64.1 cm³/mol. The van der Waals surface area contributed by atoms with Crippen LogP contribution in [0.25, 0.3) is 0 Å². The van der Waals surface area contributed by atoms with E-state index in [9.17, 15) is 0 Å². The van der Waals surface area contributed by atoms with Gasteiger partial charge in [0.25, 0.3) is 23.9 Å². The molecule has 11 heteroatoms. The fourth-order valence-corrected chi connectivity index (χ4v) is 0. The van der Waals surface area contributed by atoms with Crippen LogP contribution >= 0.6 is 0 Å². The van der Waals surface area contributed by atoms with Gasteiger partial charge >= 0.3 is 0 Å². The molecule has 0 heterocycles. The van der Waals surface area contributed by atoms with Gasteiger partial charge < -0.3 is 36.9 Å². The smallest absolute Gasteiger partial charge is 0.300 e. The molecule has 0 saturated heterocycles. The van der Waals surface area contributed by atoms with Gasteiger partial charge in [-0.15, -0.1) is 0 Å². The predicted octanol–water partition coefficient (Wildman–Crippen LogP) is -2.11. The molecule has 0 amide bonds. The standard InChI is InChI=1S/4C2H4O2.3H2O/c4*1-2(3)4;;;/h4*1H3,(H,3,4);3*1H2. The molecule has 0 spiro atoms. The van der Waals surface area contributed by atoms with Gasteiger partial charge in [0.05, 0.1) is 0 Å². The minimum atomic E-state index is -0.833. The van der Waals surface area contributed by atoms with Crippen LogP contribution < -0.4 is 0 Å². The highest BCUT2D eigenvalue weighted by molar-refractivity contribution is 5.63. The lowest BCUT2D eigenvalue weighted by molar-refractivity contribution is -0.135. The molecule has 0 fully saturated rings. The van der Waals surface area contributed by atoms with Crippen molar-refractivity contribution in [1.82, 2.24) is 0 Å². The summed E-state index contributed by atoms with van der Waals surface area (Å²) in [7, 11) is 0. The second kappa shape index (κ2) is 36.0. The van der Waals surface area contributed by atoms with Crippen molar-refractivity contribution in [3.8, 4) is 0 Å². The number of hydrogen-bond donors (Lipinski definition) is 4. The second-order valence-electron chi connectivity index (χ2n) is 2.08. The van der Waals surface area contributed by atoms with E-state index in [1.807, 2.05) is 0 Å². The molecule has 0 aromatic heterocycles. The van der Waals surface area contributed by atoms with Gasteiger partial charge in [-0.3, -0.25) is 19.2 Å². The van der Waals surface area contributed by atoms with Crippen molar-refractivity contribution >= 4 is 23.9 Å². The third-order valence-electron chi connectivity index (χ3n) is 0. The number of rotatable bonds is 0. The average molecular weight is 294 g/mol. The quantitative estimate of drug-likeness (QED) is 0.383. The maximum atomic E-state index is 9.00. The highest BCUT2D eigenvalue weighted by atomic mass is 16.4. The summed E-state index contributed by atoms with van der Waals surface area (Å²) in [5, 5.41) is 29.7. The molecule has 0 bridgehead atoms. The van der Waals surface area contributed by atoms with E-state index in [-0.39, 0.29) is 16.4 Å². The molecule has 0 aliphatic rings. The Morgan fingerprint density at radius 3 is 0.474 bits per heavy atom. The van der Waals surface area contributed by atoms with E-state index in [1.54, 1.807) is 0 Å². The van der Waals surface area contributed by atoms with Gasteiger partial charge in [0.15, 0.2) is 0 Å². The van der Waals surface area contributed by atoms with Gasteiger partial charge in [-0.2, -0.15) is 0 Å². The lowest BCUT2D eigenvalue weighted by Gasteiger charge is -1.59. The molecule has 0 aromatic rings. The van der Waals surface area contributed by atoms with Crippen LogP contribution in [0, 0.1) is 0 Å². The zero-order valence-corrected chi connectivity index (χ0v) is 10.9. The zero-order valence-electron chi connectivity index (χ0n) is 10.9. The Morgan fingerprint density at radius 2 is 0.474 bits per heavy atom. The van der Waals surface area contributed by atoms with E-state index in [4.69, 9.17) is 39.6 Å². The molecule has 19 heavy (non-hydrogen) atoms. The van der Waals surface area contributed by atoms with Crippen molar-refractivity contribution in [3.05, 3.63) is 0 Å². The van der Waals surface area contributed by atoms with Gasteiger partial charge in [0.2, 0.25) is 0 Å². The maximum Gasteiger partial charge on any atom is 0.300 e. The second-order valence-corrected chi connectivity index (χ2v) is 2.08. The van der Waals surface area contributed by atoms with Gasteiger partial charge in [-0.05, 0) is 0 Å². The van der Waals surface area contributed by atoms with Crippen LogP contribution in [-0.2, 0) is 19.2 Å². The molecule has 0 rings (SSSR count). The Hall–Kier alpha value is -2.24. The van der Waals surface area contributed by atoms with Crippen molar-refractivity contribution in [1.29, 1.82) is 0 Å². The summed E-state index contributed by atoms with van der Waals surface area (Å²) in [4.78, 5) is 36.0. The van der Waals surface area contributed by atoms with Crippen molar-refractivity contribution < 1.29 is 56.0 Å². The molecule has 0 aliphatic carbocycles. The van der Waals surface area contributed by atoms with E-state index >= 15 is 0 Å². The molecule has 10 N–H and O–H groups in total. The monoisotopic (exact) mass is 294 g/mol. The number of carbonyl (C=O) groups is 4. The summed E-state index contributed by atoms with van der Waals surface area (Å²) in [5.74, 6) is -3.33. The van der Waals surface area contributed by atoms with Crippen LogP contribution in [0.2, 0.25) is 0 Å². The van der Waals surface area contributed by atoms with Gasteiger partial charge in [-0.25, -0.2) is 0 Å². The zero-order chi connectivity index (χ0) is 14.3. The topological polar surface area (TPSA) is 244 Å². The van der Waals surface area contributed by atoms with Crippen LogP contribution in [0.3, 0.4) is 0 Å². The molecule has 11 nitrogen and oxygen atoms in total. The third kappa shape index (κ3) is 595. The van der Waals surface area contributed by atoms with Crippen molar-refractivity contribution in [2.75, 3.05) is 0 Å². The Morgan fingerprint density at radius 1 is 0.474 bits per heavy atom. The fourth-order valence-electron chi connectivity index (χ4n) is 0. The minimum Gasteiger partial charge on any atom is -0.481 e. The van der Waals surface area contributed by atoms with Gasteiger partial charge in [0, 0.05) is 27.7 Å². The van der Waals surface area contributed by atoms with Crippen LogP contribution in [0.4, 0.5) is 0 Å². The van der Waals surface area contributed by atoms with E-state index in [2.05, 4.69) is 0 Å². The molecule has 0 aromatic carbocycles. The normalized spacial score (nSPS) is 5.26. The molecule has 0 saturated carbocycles. The number of carboxylic acid groups (broad SMARTS) is 4. The summed E-state index contributed by atoms with van der Waals surface area (Å²) in [6, 6.07) is 0. The molecular formula is C8H22O11. The van der Waals surface area contributed by atoms with Crippen LogP contribution in [0.1, 0.15) is 27.7 Å². The third-order valence-corrected chi connectivity index (χ3v) is 0. The SMILES string of the molecule is CC(=O)O.CC(=O)O.CC(=O)O.CC(=O)O.O.O.O. The Bertz CT molecular complexity index is 159. The largest absolute Gasteiger partial charge is 0.481 e. The Balaban J connectivity index is -0.0000000192. The first-order valence-electron chi connectivity index (χ1n) is 3.71. The van der Waals surface area contributed by atoms with E-state index < -0.39 is 23.9 Å². The molecule has 0 aliphatic heterocycles. The summed E-state index contributed by atoms with van der Waals surface area (Å²) in [6.07, 6.45) is 0. The van der Waals surface area contributed by atoms with Gasteiger partial charge in [-0.1, -0.05) is 0 Å². The Kier molecular flexibility index (Phi) is 82.9. The van der Waals surface area contributed by atoms with Crippen LogP contribution in [0.15, 0.2) is 0 Å². The molecule has 0 radical (unpaired) electrons. The maximum absolute atomic E-state index is 9.00. The number of carboxylic acids is 4. The minimum absolute atomic E-state index is 0. The molecule has 0 atom stereocenters. The highest BCUT2D eigenvalue weighted by Crippen LogP contribution is 1.43. The first kappa shape index (κ1) is 43.7. The number of aliphatic carboxylic acids is 4. The lowest BCUT2D eigenvalue weighted by atomic mass is 10.9. The van der Waals surface area contributed by atoms with Crippen molar-refractivity contribution in [3.63, 3.8) is 0 Å². The molecular weight excluding hydrogens is 272 g/mol. The van der Waals surface area contributed by atoms with E-state index in [1.165, 1.54) is 0 Å². The van der Waals surface area contributed by atoms with E-state index in [0.29, 0.717) is 0 Å². The summed E-state index contributed by atoms with van der Waals surface area (Å²) in [5.41, 5.74) is 0. The van der Waals surface area contributed by atoms with Crippen molar-refractivity contribution in [2.45, 2.75) is 27.7 Å². The van der Waals surface area contributed by atoms with Crippen LogP contribution in [-0.4, -0.2) is 60.7 Å². The first-order chi connectivity index (χ1) is 6.93. The summed E-state index contributed by atoms with van der Waals surface area (Å²) in [6.45, 7) is 4.33. The van der Waals surface area contributed by atoms with Gasteiger partial charge in [0.1, 0.15) is 0 Å². The average Bonchev–Trinajstić information content (AvgIpc) is 1.76. The van der Waals surface area contributed by atoms with E-state index in [0.717, 1.165) is 27.7 Å².